The average Bonchev–Trinajstić information content (AvgIpc) is 3.25. The maximum absolute atomic E-state index is 12.8. The Hall–Kier alpha value is -2.29. The van der Waals surface area contributed by atoms with Gasteiger partial charge in [-0.25, -0.2) is 4.57 Å². The topological polar surface area (TPSA) is 108 Å². The van der Waals surface area contributed by atoms with Crippen LogP contribution in [0, 0.1) is 0 Å². The van der Waals surface area contributed by atoms with E-state index in [2.05, 4.69) is 74.6 Å². The predicted molar refractivity (Wildman–Crippen MR) is 270 cm³/mol. The van der Waals surface area contributed by atoms with Gasteiger partial charge in [0.1, 0.15) is 19.8 Å². The molecule has 2 atom stereocenters. The molecule has 9 nitrogen and oxygen atoms in total. The van der Waals surface area contributed by atoms with Crippen LogP contribution in [0.2, 0.25) is 0 Å². The van der Waals surface area contributed by atoms with Gasteiger partial charge in [0, 0.05) is 12.8 Å². The Morgan fingerprint density at radius 2 is 0.891 bits per heavy atom. The summed E-state index contributed by atoms with van der Waals surface area (Å²) in [5.74, 6) is -0.831. The van der Waals surface area contributed by atoms with E-state index in [1.165, 1.54) is 116 Å². The van der Waals surface area contributed by atoms with Gasteiger partial charge in [-0.1, -0.05) is 209 Å². The minimum Gasteiger partial charge on any atom is -0.462 e. The molecule has 372 valence electrons. The summed E-state index contributed by atoms with van der Waals surface area (Å²) in [5, 5.41) is 0. The third-order valence-electron chi connectivity index (χ3n) is 11.1. The number of quaternary nitrogens is 1. The van der Waals surface area contributed by atoms with Crippen LogP contribution in [-0.2, 0) is 32.7 Å². The third kappa shape index (κ3) is 49.2. The second-order valence-corrected chi connectivity index (χ2v) is 20.0. The second-order valence-electron chi connectivity index (χ2n) is 18.5. The second kappa shape index (κ2) is 45.8. The Labute approximate surface area is 394 Å². The van der Waals surface area contributed by atoms with Gasteiger partial charge in [-0.05, 0) is 57.8 Å². The van der Waals surface area contributed by atoms with Crippen molar-refractivity contribution in [3.63, 3.8) is 0 Å². The first kappa shape index (κ1) is 61.7. The van der Waals surface area contributed by atoms with Crippen LogP contribution >= 0.6 is 7.82 Å². The lowest BCUT2D eigenvalue weighted by molar-refractivity contribution is -0.870. The van der Waals surface area contributed by atoms with E-state index in [0.717, 1.165) is 64.2 Å². The Bertz CT molecular complexity index is 1270. The quantitative estimate of drug-likeness (QED) is 0.0211. The van der Waals surface area contributed by atoms with Crippen molar-refractivity contribution < 1.29 is 42.1 Å². The van der Waals surface area contributed by atoms with E-state index in [-0.39, 0.29) is 26.1 Å². The zero-order valence-corrected chi connectivity index (χ0v) is 42.9. The molecule has 0 aliphatic rings. The van der Waals surface area contributed by atoms with Crippen molar-refractivity contribution in [2.45, 2.75) is 225 Å². The molecule has 0 radical (unpaired) electrons. The predicted octanol–water partition coefficient (Wildman–Crippen LogP) is 15.6. The van der Waals surface area contributed by atoms with E-state index in [4.69, 9.17) is 18.5 Å². The molecular weight excluding hydrogens is 822 g/mol. The lowest BCUT2D eigenvalue weighted by atomic mass is 10.0. The van der Waals surface area contributed by atoms with Crippen molar-refractivity contribution >= 4 is 19.8 Å². The highest BCUT2D eigenvalue weighted by molar-refractivity contribution is 7.47. The first-order chi connectivity index (χ1) is 31.0. The highest BCUT2D eigenvalue weighted by atomic mass is 31.2. The third-order valence-corrected chi connectivity index (χ3v) is 12.0. The number of hydrogen-bond donors (Lipinski definition) is 1. The van der Waals surface area contributed by atoms with Crippen molar-refractivity contribution in [1.82, 2.24) is 0 Å². The van der Waals surface area contributed by atoms with Crippen molar-refractivity contribution in [3.8, 4) is 0 Å². The Balaban J connectivity index is 4.29. The first-order valence-corrected chi connectivity index (χ1v) is 27.5. The van der Waals surface area contributed by atoms with E-state index in [0.29, 0.717) is 23.9 Å². The minimum atomic E-state index is -4.39. The summed E-state index contributed by atoms with van der Waals surface area (Å²) in [6, 6.07) is 0. The number of hydrogen-bond acceptors (Lipinski definition) is 7. The lowest BCUT2D eigenvalue weighted by Crippen LogP contribution is -2.37. The monoisotopic (exact) mass is 921 g/mol. The molecule has 0 aliphatic carbocycles. The molecule has 0 amide bonds. The van der Waals surface area contributed by atoms with Crippen LogP contribution in [0.5, 0.6) is 0 Å². The smallest absolute Gasteiger partial charge is 0.462 e. The van der Waals surface area contributed by atoms with Crippen molar-refractivity contribution in [2.75, 3.05) is 47.5 Å². The van der Waals surface area contributed by atoms with Gasteiger partial charge in [0.15, 0.2) is 6.10 Å². The van der Waals surface area contributed by atoms with Gasteiger partial charge in [0.25, 0.3) is 0 Å². The van der Waals surface area contributed by atoms with Crippen molar-refractivity contribution in [2.24, 2.45) is 0 Å². The summed E-state index contributed by atoms with van der Waals surface area (Å²) in [7, 11) is 1.46. The zero-order valence-electron chi connectivity index (χ0n) is 42.0. The van der Waals surface area contributed by atoms with Gasteiger partial charge in [-0.3, -0.25) is 18.6 Å². The van der Waals surface area contributed by atoms with E-state index in [9.17, 15) is 19.0 Å². The lowest BCUT2D eigenvalue weighted by Gasteiger charge is -2.24. The molecule has 1 unspecified atom stereocenters. The van der Waals surface area contributed by atoms with E-state index < -0.39 is 32.5 Å². The molecule has 0 aromatic rings. The Morgan fingerprint density at radius 3 is 1.33 bits per heavy atom. The summed E-state index contributed by atoms with van der Waals surface area (Å²) >= 11 is 0. The highest BCUT2D eigenvalue weighted by Gasteiger charge is 2.27. The molecule has 0 saturated carbocycles. The Kier molecular flexibility index (Phi) is 44.2. The molecule has 64 heavy (non-hydrogen) atoms. The fourth-order valence-electron chi connectivity index (χ4n) is 7.04. The van der Waals surface area contributed by atoms with E-state index in [1.807, 2.05) is 21.1 Å². The molecule has 0 aliphatic heterocycles. The van der Waals surface area contributed by atoms with Gasteiger partial charge in [0.2, 0.25) is 0 Å². The van der Waals surface area contributed by atoms with Crippen LogP contribution in [-0.4, -0.2) is 74.9 Å². The molecule has 0 aromatic carbocycles. The van der Waals surface area contributed by atoms with Crippen LogP contribution in [0.4, 0.5) is 0 Å². The largest absolute Gasteiger partial charge is 0.472 e. The summed E-state index contributed by atoms with van der Waals surface area (Å²) in [5.41, 5.74) is 0. The molecule has 10 heteroatoms. The highest BCUT2D eigenvalue weighted by Crippen LogP contribution is 2.43. The summed E-state index contributed by atoms with van der Waals surface area (Å²) < 4.78 is 34.4. The maximum Gasteiger partial charge on any atom is 0.472 e. The van der Waals surface area contributed by atoms with Crippen LogP contribution in [0.15, 0.2) is 60.8 Å². The number of phosphoric acid groups is 1. The summed E-state index contributed by atoms with van der Waals surface area (Å²) in [6.45, 7) is 4.30. The molecule has 0 fully saturated rings. The number of likely N-dealkylation sites (N-methyl/N-ethyl adjacent to an activating group) is 1. The molecular formula is C54H99NO8P+. The molecule has 0 heterocycles. The molecule has 0 spiro atoms. The number of allylic oxidation sites excluding steroid dienone is 10. The number of rotatable bonds is 47. The number of nitrogens with zero attached hydrogens (tertiary/aromatic N) is 1. The SMILES string of the molecule is CC/C=C/C/C=C/C/C=C/C/C=C/C/C=C/CCCCCC(=O)OC[C@H](COP(=O)(O)OCC[N+](C)(C)C)OC(=O)CCCCCCCCCCCCCCCCCCCCCCC. The molecule has 0 aromatic heterocycles. The fourth-order valence-corrected chi connectivity index (χ4v) is 7.78. The van der Waals surface area contributed by atoms with Gasteiger partial charge >= 0.3 is 19.8 Å². The van der Waals surface area contributed by atoms with Crippen molar-refractivity contribution in [3.05, 3.63) is 60.8 Å². The molecule has 0 rings (SSSR count). The van der Waals surface area contributed by atoms with Gasteiger partial charge in [0.05, 0.1) is 27.7 Å². The minimum absolute atomic E-state index is 0.0251. The number of carbonyl (C=O) groups is 2. The van der Waals surface area contributed by atoms with Crippen LogP contribution in [0.25, 0.3) is 0 Å². The van der Waals surface area contributed by atoms with Crippen LogP contribution in [0.1, 0.15) is 219 Å². The van der Waals surface area contributed by atoms with Gasteiger partial charge in [-0.2, -0.15) is 0 Å². The number of esters is 2. The average molecular weight is 921 g/mol. The van der Waals surface area contributed by atoms with Crippen LogP contribution < -0.4 is 0 Å². The van der Waals surface area contributed by atoms with Crippen molar-refractivity contribution in [1.29, 1.82) is 0 Å². The molecule has 1 N–H and O–H groups in total. The normalized spacial score (nSPS) is 13.9. The van der Waals surface area contributed by atoms with E-state index >= 15 is 0 Å². The zero-order chi connectivity index (χ0) is 47.1. The van der Waals surface area contributed by atoms with Gasteiger partial charge < -0.3 is 18.9 Å². The number of phosphoric ester groups is 1. The number of unbranched alkanes of at least 4 members (excludes halogenated alkanes) is 23. The maximum atomic E-state index is 12.8. The molecule has 0 bridgehead atoms. The number of ether oxygens (including phenoxy) is 2. The van der Waals surface area contributed by atoms with Crippen LogP contribution in [0.3, 0.4) is 0 Å². The van der Waals surface area contributed by atoms with E-state index in [1.54, 1.807) is 0 Å². The van der Waals surface area contributed by atoms with Gasteiger partial charge in [-0.15, -0.1) is 0 Å². The summed E-state index contributed by atoms with van der Waals surface area (Å²) in [6.07, 6.45) is 57.1. The standard InChI is InChI=1S/C54H98NO8P/c1-6-8-10-12-14-16-18-20-22-24-26-27-29-31-33-35-37-39-41-43-45-47-54(57)63-52(51-62-64(58,59)61-49-48-55(3,4)5)50-60-53(56)46-44-42-40-38-36-34-32-30-28-25-23-21-19-17-15-13-11-9-7-2/h9,11,15,17,21,23,28,30,34,36,52H,6-8,10,12-14,16,18-20,22,24-27,29,31-33,35,37-51H2,1-5H3/p+1/b11-9+,17-15+,23-21+,30-28+,36-34+/t52-/m1/s1. The number of carbonyl (C=O) groups excluding carboxylic acids is 2. The summed E-state index contributed by atoms with van der Waals surface area (Å²) in [4.78, 5) is 35.6. The first-order valence-electron chi connectivity index (χ1n) is 26.0. The fraction of sp³-hybridized carbons (Fsp3) is 0.778. The molecule has 0 saturated heterocycles. The Morgan fingerprint density at radius 1 is 0.500 bits per heavy atom.